The molecule has 1 atom stereocenters. The molecule has 0 bridgehead atoms. The van der Waals surface area contributed by atoms with Crippen molar-refractivity contribution in [3.05, 3.63) is 16.0 Å². The van der Waals surface area contributed by atoms with Crippen molar-refractivity contribution in [2.24, 2.45) is 5.92 Å². The van der Waals surface area contributed by atoms with E-state index in [9.17, 15) is 14.4 Å². The minimum atomic E-state index is -0.413. The summed E-state index contributed by atoms with van der Waals surface area (Å²) < 4.78 is 4.93. The van der Waals surface area contributed by atoms with Gasteiger partial charge >= 0.3 is 5.97 Å². The zero-order valence-electron chi connectivity index (χ0n) is 16.0. The Morgan fingerprint density at radius 3 is 2.54 bits per heavy atom. The van der Waals surface area contributed by atoms with Crippen molar-refractivity contribution in [1.29, 1.82) is 0 Å². The lowest BCUT2D eigenvalue weighted by atomic mass is 9.88. The molecule has 8 heteroatoms. The van der Waals surface area contributed by atoms with Crippen molar-refractivity contribution < 1.29 is 19.1 Å². The van der Waals surface area contributed by atoms with Crippen LogP contribution in [0.25, 0.3) is 0 Å². The molecule has 1 aliphatic rings. The number of nitrogens with one attached hydrogen (secondary N) is 1. The summed E-state index contributed by atoms with van der Waals surface area (Å²) in [7, 11) is 6.42. The van der Waals surface area contributed by atoms with Gasteiger partial charge in [0.1, 0.15) is 5.00 Å². The van der Waals surface area contributed by atoms with E-state index in [0.29, 0.717) is 16.5 Å². The van der Waals surface area contributed by atoms with Crippen LogP contribution >= 0.6 is 11.3 Å². The highest BCUT2D eigenvalue weighted by molar-refractivity contribution is 7.17. The summed E-state index contributed by atoms with van der Waals surface area (Å²) >= 11 is 1.46. The standard InChI is InChI=1S/C18H27N3O4S/c1-11-6-7-12-13(8-11)26-17(16(12)18(24)25-5)19-14(22)9-21(4)10-15(23)20(2)3/h11H,6-10H2,1-5H3,(H,19,22). The van der Waals surface area contributed by atoms with E-state index in [1.165, 1.54) is 23.3 Å². The number of amides is 2. The number of fused-ring (bicyclic) bond motifs is 1. The number of methoxy groups -OCH3 is 1. The fourth-order valence-electron chi connectivity index (χ4n) is 3.00. The highest BCUT2D eigenvalue weighted by Crippen LogP contribution is 2.39. The molecule has 26 heavy (non-hydrogen) atoms. The van der Waals surface area contributed by atoms with Crippen LogP contribution in [0.3, 0.4) is 0 Å². The van der Waals surface area contributed by atoms with Gasteiger partial charge in [0.25, 0.3) is 0 Å². The van der Waals surface area contributed by atoms with Gasteiger partial charge in [-0.25, -0.2) is 4.79 Å². The number of anilines is 1. The summed E-state index contributed by atoms with van der Waals surface area (Å²) in [6.07, 6.45) is 2.76. The molecular weight excluding hydrogens is 354 g/mol. The first-order chi connectivity index (χ1) is 12.2. The monoisotopic (exact) mass is 381 g/mol. The van der Waals surface area contributed by atoms with E-state index in [-0.39, 0.29) is 24.9 Å². The third kappa shape index (κ3) is 4.82. The second-order valence-corrected chi connectivity index (χ2v) is 8.16. The smallest absolute Gasteiger partial charge is 0.341 e. The predicted octanol–water partition coefficient (Wildman–Crippen LogP) is 1.62. The third-order valence-corrected chi connectivity index (χ3v) is 5.64. The molecule has 2 amide bonds. The number of ether oxygens (including phenoxy) is 1. The summed E-state index contributed by atoms with van der Waals surface area (Å²) in [6, 6.07) is 0. The second kappa shape index (κ2) is 8.64. The molecule has 0 saturated carbocycles. The number of carbonyl (C=O) groups is 3. The van der Waals surface area contributed by atoms with E-state index in [1.807, 2.05) is 0 Å². The number of nitrogens with zero attached hydrogens (tertiary/aromatic N) is 2. The van der Waals surface area contributed by atoms with E-state index >= 15 is 0 Å². The Balaban J connectivity index is 2.12. The lowest BCUT2D eigenvalue weighted by molar-refractivity contribution is -0.130. The highest BCUT2D eigenvalue weighted by atomic mass is 32.1. The van der Waals surface area contributed by atoms with Crippen LogP contribution in [0, 0.1) is 5.92 Å². The fourth-order valence-corrected chi connectivity index (χ4v) is 4.41. The van der Waals surface area contributed by atoms with Gasteiger partial charge in [0.05, 0.1) is 25.8 Å². The Morgan fingerprint density at radius 2 is 1.92 bits per heavy atom. The lowest BCUT2D eigenvalue weighted by Gasteiger charge is -2.18. The van der Waals surface area contributed by atoms with Gasteiger partial charge in [-0.15, -0.1) is 11.3 Å². The molecule has 144 valence electrons. The van der Waals surface area contributed by atoms with Gasteiger partial charge in [0.15, 0.2) is 0 Å². The maximum Gasteiger partial charge on any atom is 0.341 e. The van der Waals surface area contributed by atoms with Gasteiger partial charge in [0, 0.05) is 19.0 Å². The number of likely N-dealkylation sites (N-methyl/N-ethyl adjacent to an activating group) is 2. The Bertz CT molecular complexity index is 699. The summed E-state index contributed by atoms with van der Waals surface area (Å²) in [5.74, 6) is -0.172. The predicted molar refractivity (Wildman–Crippen MR) is 102 cm³/mol. The molecule has 1 aromatic heterocycles. The molecule has 1 aromatic rings. The summed E-state index contributed by atoms with van der Waals surface area (Å²) in [5.41, 5.74) is 1.49. The van der Waals surface area contributed by atoms with Crippen LogP contribution in [0.15, 0.2) is 0 Å². The number of carbonyl (C=O) groups excluding carboxylic acids is 3. The first-order valence-electron chi connectivity index (χ1n) is 8.64. The molecule has 1 heterocycles. The van der Waals surface area contributed by atoms with Crippen molar-refractivity contribution in [3.63, 3.8) is 0 Å². The Kier molecular flexibility index (Phi) is 6.77. The molecular formula is C18H27N3O4S. The fraction of sp³-hybridized carbons (Fsp3) is 0.611. The van der Waals surface area contributed by atoms with Crippen molar-refractivity contribution in [2.75, 3.05) is 46.7 Å². The average molecular weight is 381 g/mol. The quantitative estimate of drug-likeness (QED) is 0.758. The zero-order chi connectivity index (χ0) is 19.4. The average Bonchev–Trinajstić information content (AvgIpc) is 2.90. The van der Waals surface area contributed by atoms with Crippen LogP contribution in [-0.4, -0.2) is 68.9 Å². The van der Waals surface area contributed by atoms with Crippen molar-refractivity contribution in [2.45, 2.75) is 26.2 Å². The SMILES string of the molecule is COC(=O)c1c(NC(=O)CN(C)CC(=O)N(C)C)sc2c1CCC(C)C2. The number of rotatable bonds is 6. The van der Waals surface area contributed by atoms with Crippen molar-refractivity contribution >= 4 is 34.1 Å². The van der Waals surface area contributed by atoms with Crippen LogP contribution in [0.1, 0.15) is 34.1 Å². The summed E-state index contributed by atoms with van der Waals surface area (Å²) in [6.45, 7) is 2.41. The molecule has 0 saturated heterocycles. The number of esters is 1. The Labute approximate surface area is 158 Å². The maximum atomic E-state index is 12.4. The molecule has 0 aromatic carbocycles. The van der Waals surface area contributed by atoms with E-state index in [4.69, 9.17) is 4.74 Å². The largest absolute Gasteiger partial charge is 0.465 e. The Morgan fingerprint density at radius 1 is 1.23 bits per heavy atom. The summed E-state index contributed by atoms with van der Waals surface area (Å²) in [5, 5.41) is 3.39. The minimum Gasteiger partial charge on any atom is -0.465 e. The molecule has 2 rings (SSSR count). The lowest BCUT2D eigenvalue weighted by Crippen LogP contribution is -2.38. The van der Waals surface area contributed by atoms with Crippen LogP contribution < -0.4 is 5.32 Å². The number of thiophene rings is 1. The zero-order valence-corrected chi connectivity index (χ0v) is 16.9. The van der Waals surface area contributed by atoms with E-state index < -0.39 is 5.97 Å². The molecule has 1 N–H and O–H groups in total. The molecule has 0 radical (unpaired) electrons. The maximum absolute atomic E-state index is 12.4. The molecule has 1 unspecified atom stereocenters. The molecule has 7 nitrogen and oxygen atoms in total. The number of hydrogen-bond acceptors (Lipinski definition) is 6. The second-order valence-electron chi connectivity index (χ2n) is 7.06. The molecule has 0 spiro atoms. The first-order valence-corrected chi connectivity index (χ1v) is 9.46. The topological polar surface area (TPSA) is 79.0 Å². The minimum absolute atomic E-state index is 0.0686. The molecule has 0 fully saturated rings. The van der Waals surface area contributed by atoms with Gasteiger partial charge in [-0.1, -0.05) is 6.92 Å². The highest BCUT2D eigenvalue weighted by Gasteiger charge is 2.29. The molecule has 1 aliphatic carbocycles. The van der Waals surface area contributed by atoms with Gasteiger partial charge < -0.3 is 15.0 Å². The van der Waals surface area contributed by atoms with Crippen LogP contribution in [0.4, 0.5) is 5.00 Å². The van der Waals surface area contributed by atoms with Crippen molar-refractivity contribution in [1.82, 2.24) is 9.80 Å². The van der Waals surface area contributed by atoms with Crippen molar-refractivity contribution in [3.8, 4) is 0 Å². The van der Waals surface area contributed by atoms with E-state index in [2.05, 4.69) is 12.2 Å². The van der Waals surface area contributed by atoms with Gasteiger partial charge in [-0.3, -0.25) is 14.5 Å². The first kappa shape index (κ1) is 20.4. The van der Waals surface area contributed by atoms with Gasteiger partial charge in [-0.05, 0) is 37.8 Å². The van der Waals surface area contributed by atoms with Crippen LogP contribution in [-0.2, 0) is 27.2 Å². The van der Waals surface area contributed by atoms with Gasteiger partial charge in [-0.2, -0.15) is 0 Å². The summed E-state index contributed by atoms with van der Waals surface area (Å²) in [4.78, 5) is 40.6. The van der Waals surface area contributed by atoms with Crippen LogP contribution in [0.2, 0.25) is 0 Å². The molecule has 0 aliphatic heterocycles. The number of hydrogen-bond donors (Lipinski definition) is 1. The Hall–Kier alpha value is -1.93. The van der Waals surface area contributed by atoms with E-state index in [0.717, 1.165) is 29.7 Å². The van der Waals surface area contributed by atoms with Crippen LogP contribution in [0.5, 0.6) is 0 Å². The van der Waals surface area contributed by atoms with E-state index in [1.54, 1.807) is 26.0 Å². The normalized spacial score (nSPS) is 16.2. The van der Waals surface area contributed by atoms with Gasteiger partial charge in [0.2, 0.25) is 11.8 Å². The third-order valence-electron chi connectivity index (χ3n) is 4.47.